The molecule has 2 fully saturated rings. The zero-order chi connectivity index (χ0) is 21.0. The van der Waals surface area contributed by atoms with Gasteiger partial charge in [0, 0.05) is 32.0 Å². The number of ether oxygens (including phenoxy) is 1. The van der Waals surface area contributed by atoms with Gasteiger partial charge in [0.25, 0.3) is 0 Å². The molecule has 0 aromatic heterocycles. The van der Waals surface area contributed by atoms with Crippen LogP contribution >= 0.6 is 0 Å². The molecule has 1 heterocycles. The van der Waals surface area contributed by atoms with Crippen LogP contribution in [-0.2, 0) is 14.3 Å². The summed E-state index contributed by atoms with van der Waals surface area (Å²) in [6.45, 7) is 8.11. The van der Waals surface area contributed by atoms with Crippen LogP contribution in [0, 0.1) is 17.3 Å². The van der Waals surface area contributed by atoms with E-state index in [0.29, 0.717) is 25.6 Å². The number of carbonyl (C=O) groups is 2. The highest BCUT2D eigenvalue weighted by Crippen LogP contribution is 2.48. The van der Waals surface area contributed by atoms with E-state index in [1.54, 1.807) is 7.11 Å². The molecular weight excluding hydrogens is 364 g/mol. The van der Waals surface area contributed by atoms with E-state index in [0.717, 1.165) is 25.7 Å². The molecule has 5 nitrogen and oxygen atoms in total. The highest BCUT2D eigenvalue weighted by atomic mass is 16.5. The molecule has 1 saturated heterocycles. The highest BCUT2D eigenvalue weighted by molar-refractivity contribution is 5.86. The smallest absolute Gasteiger partial charge is 0.231 e. The summed E-state index contributed by atoms with van der Waals surface area (Å²) in [4.78, 5) is 28.1. The van der Waals surface area contributed by atoms with Gasteiger partial charge in [-0.05, 0) is 37.2 Å². The van der Waals surface area contributed by atoms with Crippen LogP contribution < -0.4 is 5.32 Å². The van der Waals surface area contributed by atoms with Gasteiger partial charge in [0.05, 0.1) is 18.1 Å². The first-order valence-electron chi connectivity index (χ1n) is 11.0. The standard InChI is InChI=1S/C24H36N2O3/c1-5-18(13-17(2)3)22(27)25-21-15-26(23(28)24(11-12-24)16-29-4)14-20(21)19-9-7-6-8-10-19/h6-10,17-18,20-21H,5,11-16H2,1-4H3,(H,25,27)/t18?,20-,21+/m0/s1. The molecule has 0 spiro atoms. The van der Waals surface area contributed by atoms with Crippen molar-refractivity contribution in [1.82, 2.24) is 10.2 Å². The van der Waals surface area contributed by atoms with E-state index in [1.165, 1.54) is 5.56 Å². The fourth-order valence-electron chi connectivity index (χ4n) is 4.67. The molecule has 3 atom stereocenters. The minimum Gasteiger partial charge on any atom is -0.384 e. The molecule has 0 radical (unpaired) electrons. The number of hydrogen-bond acceptors (Lipinski definition) is 3. The summed E-state index contributed by atoms with van der Waals surface area (Å²) in [6.07, 6.45) is 3.53. The molecule has 0 bridgehead atoms. The molecule has 160 valence electrons. The Morgan fingerprint density at radius 1 is 1.21 bits per heavy atom. The van der Waals surface area contributed by atoms with Gasteiger partial charge in [-0.1, -0.05) is 51.1 Å². The van der Waals surface area contributed by atoms with Crippen molar-refractivity contribution in [1.29, 1.82) is 0 Å². The van der Waals surface area contributed by atoms with Crippen LogP contribution in [0.1, 0.15) is 57.9 Å². The monoisotopic (exact) mass is 400 g/mol. The minimum atomic E-state index is -0.335. The third kappa shape index (κ3) is 5.00. The number of nitrogens with zero attached hydrogens (tertiary/aromatic N) is 1. The van der Waals surface area contributed by atoms with E-state index in [9.17, 15) is 9.59 Å². The third-order valence-electron chi connectivity index (χ3n) is 6.51. The molecule has 5 heteroatoms. The van der Waals surface area contributed by atoms with Gasteiger partial charge >= 0.3 is 0 Å². The highest BCUT2D eigenvalue weighted by Gasteiger charge is 2.53. The van der Waals surface area contributed by atoms with Crippen molar-refractivity contribution < 1.29 is 14.3 Å². The van der Waals surface area contributed by atoms with E-state index < -0.39 is 0 Å². The number of methoxy groups -OCH3 is 1. The maximum atomic E-state index is 13.2. The number of rotatable bonds is 9. The third-order valence-corrected chi connectivity index (χ3v) is 6.51. The Balaban J connectivity index is 1.75. The summed E-state index contributed by atoms with van der Waals surface area (Å²) in [7, 11) is 1.66. The fraction of sp³-hybridized carbons (Fsp3) is 0.667. The molecule has 3 rings (SSSR count). The van der Waals surface area contributed by atoms with Crippen molar-refractivity contribution in [3.63, 3.8) is 0 Å². The van der Waals surface area contributed by atoms with Gasteiger partial charge in [0.1, 0.15) is 0 Å². The Labute approximate surface area is 175 Å². The zero-order valence-electron chi connectivity index (χ0n) is 18.3. The lowest BCUT2D eigenvalue weighted by Crippen LogP contribution is -2.44. The van der Waals surface area contributed by atoms with Crippen molar-refractivity contribution in [3.05, 3.63) is 35.9 Å². The van der Waals surface area contributed by atoms with Crippen LogP contribution in [0.5, 0.6) is 0 Å². The van der Waals surface area contributed by atoms with Crippen LogP contribution in [-0.4, -0.2) is 49.6 Å². The van der Waals surface area contributed by atoms with Gasteiger partial charge in [0.2, 0.25) is 11.8 Å². The molecule has 1 aliphatic heterocycles. The van der Waals surface area contributed by atoms with Crippen LogP contribution in [0.4, 0.5) is 0 Å². The van der Waals surface area contributed by atoms with E-state index in [1.807, 2.05) is 23.1 Å². The van der Waals surface area contributed by atoms with Gasteiger partial charge in [-0.25, -0.2) is 0 Å². The Hall–Kier alpha value is -1.88. The molecule has 2 aliphatic rings. The van der Waals surface area contributed by atoms with Crippen molar-refractivity contribution >= 4 is 11.8 Å². The fourth-order valence-corrected chi connectivity index (χ4v) is 4.67. The maximum Gasteiger partial charge on any atom is 0.231 e. The second kappa shape index (κ2) is 9.29. The summed E-state index contributed by atoms with van der Waals surface area (Å²) in [6, 6.07) is 10.2. The number of nitrogens with one attached hydrogen (secondary N) is 1. The molecule has 2 amide bonds. The normalized spacial score (nSPS) is 23.8. The Morgan fingerprint density at radius 3 is 2.45 bits per heavy atom. The van der Waals surface area contributed by atoms with Crippen LogP contribution in [0.25, 0.3) is 0 Å². The topological polar surface area (TPSA) is 58.6 Å². The van der Waals surface area contributed by atoms with Crippen molar-refractivity contribution in [2.45, 2.75) is 58.4 Å². The van der Waals surface area contributed by atoms with Gasteiger partial charge in [-0.15, -0.1) is 0 Å². The molecule has 1 unspecified atom stereocenters. The predicted molar refractivity (Wildman–Crippen MR) is 114 cm³/mol. The molecule has 1 N–H and O–H groups in total. The first kappa shape index (κ1) is 21.8. The van der Waals surface area contributed by atoms with Crippen molar-refractivity contribution in [3.8, 4) is 0 Å². The predicted octanol–water partition coefficient (Wildman–Crippen LogP) is 3.60. The lowest BCUT2D eigenvalue weighted by atomic mass is 9.91. The molecule has 1 aromatic rings. The first-order valence-corrected chi connectivity index (χ1v) is 11.0. The largest absolute Gasteiger partial charge is 0.384 e. The molecular formula is C24H36N2O3. The second-order valence-corrected chi connectivity index (χ2v) is 9.29. The van der Waals surface area contributed by atoms with Gasteiger partial charge in [-0.2, -0.15) is 0 Å². The van der Waals surface area contributed by atoms with E-state index in [2.05, 4.69) is 38.2 Å². The minimum absolute atomic E-state index is 0.0273. The van der Waals surface area contributed by atoms with Gasteiger partial charge < -0.3 is 15.0 Å². The van der Waals surface area contributed by atoms with Gasteiger partial charge in [-0.3, -0.25) is 9.59 Å². The van der Waals surface area contributed by atoms with Crippen molar-refractivity contribution in [2.75, 3.05) is 26.8 Å². The van der Waals surface area contributed by atoms with E-state index in [-0.39, 0.29) is 35.1 Å². The molecule has 29 heavy (non-hydrogen) atoms. The number of benzene rings is 1. The maximum absolute atomic E-state index is 13.2. The first-order chi connectivity index (χ1) is 13.9. The van der Waals surface area contributed by atoms with Crippen molar-refractivity contribution in [2.24, 2.45) is 17.3 Å². The summed E-state index contributed by atoms with van der Waals surface area (Å²) in [5.41, 5.74) is 0.847. The van der Waals surface area contributed by atoms with Crippen LogP contribution in [0.3, 0.4) is 0 Å². The Kier molecular flexibility index (Phi) is 6.99. The van der Waals surface area contributed by atoms with Crippen LogP contribution in [0.2, 0.25) is 0 Å². The summed E-state index contributed by atoms with van der Waals surface area (Å²) >= 11 is 0. The molecule has 1 saturated carbocycles. The summed E-state index contributed by atoms with van der Waals surface area (Å²) in [5, 5.41) is 3.31. The van der Waals surface area contributed by atoms with Crippen LogP contribution in [0.15, 0.2) is 30.3 Å². The average molecular weight is 401 g/mol. The molecule has 1 aromatic carbocycles. The SMILES string of the molecule is CCC(CC(C)C)C(=O)N[C@@H]1CN(C(=O)C2(COC)CC2)C[C@H]1c1ccccc1. The lowest BCUT2D eigenvalue weighted by molar-refractivity contribution is -0.138. The zero-order valence-corrected chi connectivity index (χ0v) is 18.3. The Morgan fingerprint density at radius 2 is 1.90 bits per heavy atom. The quantitative estimate of drug-likeness (QED) is 0.689. The number of likely N-dealkylation sites (tertiary alicyclic amines) is 1. The average Bonchev–Trinajstić information content (AvgIpc) is 3.38. The van der Waals surface area contributed by atoms with E-state index in [4.69, 9.17) is 4.74 Å². The number of hydrogen-bond donors (Lipinski definition) is 1. The lowest BCUT2D eigenvalue weighted by Gasteiger charge is -2.24. The Bertz CT molecular complexity index is 699. The van der Waals surface area contributed by atoms with E-state index >= 15 is 0 Å². The number of amides is 2. The number of carbonyl (C=O) groups excluding carboxylic acids is 2. The second-order valence-electron chi connectivity index (χ2n) is 9.29. The summed E-state index contributed by atoms with van der Waals surface area (Å²) < 4.78 is 5.32. The summed E-state index contributed by atoms with van der Waals surface area (Å²) in [5.74, 6) is 0.949. The molecule has 1 aliphatic carbocycles. The van der Waals surface area contributed by atoms with Gasteiger partial charge in [0.15, 0.2) is 0 Å².